The number of methoxy groups -OCH3 is 5. The van der Waals surface area contributed by atoms with E-state index in [-0.39, 0.29) is 12.3 Å². The summed E-state index contributed by atoms with van der Waals surface area (Å²) in [5.74, 6) is 1.75. The molecule has 0 radical (unpaired) electrons. The third kappa shape index (κ3) is 4.44. The summed E-state index contributed by atoms with van der Waals surface area (Å²) < 4.78 is 27.8. The summed E-state index contributed by atoms with van der Waals surface area (Å²) in [4.78, 5) is 22.6. The predicted molar refractivity (Wildman–Crippen MR) is 153 cm³/mol. The number of ether oxygens (including phenoxy) is 5. The molecular weight excluding hydrogens is 512 g/mol. The first-order chi connectivity index (χ1) is 19.1. The SMILES string of the molecule is CCC(C)(c1cc2cc(C)c(OC)c(OC)c2c(CO)n1)c1nc(C(=O)OC)cc2c(OC)c(C)c(OC)cc12. The fourth-order valence-corrected chi connectivity index (χ4v) is 5.45. The highest BCUT2D eigenvalue weighted by molar-refractivity contribution is 5.99. The van der Waals surface area contributed by atoms with Gasteiger partial charge in [0.2, 0.25) is 0 Å². The van der Waals surface area contributed by atoms with Crippen LogP contribution in [-0.2, 0) is 16.8 Å². The molecule has 2 heterocycles. The maximum absolute atomic E-state index is 12.8. The first kappa shape index (κ1) is 28.9. The average molecular weight is 549 g/mol. The third-order valence-electron chi connectivity index (χ3n) is 7.75. The molecule has 9 heteroatoms. The number of aryl methyl sites for hydroxylation is 1. The molecule has 0 saturated heterocycles. The molecule has 1 atom stereocenters. The van der Waals surface area contributed by atoms with Gasteiger partial charge in [0.25, 0.3) is 0 Å². The molecule has 2 aromatic heterocycles. The zero-order chi connectivity index (χ0) is 29.4. The highest BCUT2D eigenvalue weighted by atomic mass is 16.5. The van der Waals surface area contributed by atoms with Crippen molar-refractivity contribution in [3.05, 3.63) is 58.2 Å². The second kappa shape index (κ2) is 11.2. The zero-order valence-electron chi connectivity index (χ0n) is 24.5. The van der Waals surface area contributed by atoms with Crippen molar-refractivity contribution in [2.24, 2.45) is 0 Å². The Kier molecular flexibility index (Phi) is 8.07. The average Bonchev–Trinajstić information content (AvgIpc) is 2.97. The first-order valence-electron chi connectivity index (χ1n) is 13.0. The lowest BCUT2D eigenvalue weighted by atomic mass is 9.77. The van der Waals surface area contributed by atoms with Gasteiger partial charge in [0, 0.05) is 16.3 Å². The van der Waals surface area contributed by atoms with Crippen molar-refractivity contribution in [1.29, 1.82) is 0 Å². The lowest BCUT2D eigenvalue weighted by Crippen LogP contribution is -2.27. The Hall–Kier alpha value is -4.11. The van der Waals surface area contributed by atoms with E-state index in [0.717, 1.165) is 21.9 Å². The zero-order valence-corrected chi connectivity index (χ0v) is 24.5. The Balaban J connectivity index is 2.15. The Labute approximate surface area is 234 Å². The van der Waals surface area contributed by atoms with Crippen molar-refractivity contribution in [3.8, 4) is 23.0 Å². The first-order valence-corrected chi connectivity index (χ1v) is 13.0. The largest absolute Gasteiger partial charge is 0.496 e. The summed E-state index contributed by atoms with van der Waals surface area (Å²) in [7, 11) is 7.66. The van der Waals surface area contributed by atoms with Crippen LogP contribution in [0.3, 0.4) is 0 Å². The fraction of sp³-hybridized carbons (Fsp3) is 0.387. The number of carbonyl (C=O) groups excluding carboxylic acids is 1. The standard InChI is InChI=1S/C31H36N2O7/c1-10-31(4,24-12-18-11-16(2)26(37-6)28(39-8)25(18)22(15-34)32-24)29-20-14-23(36-5)17(3)27(38-7)19(20)13-21(33-29)30(35)40-9/h11-14,34H,10,15H2,1-9H3. The van der Waals surface area contributed by atoms with E-state index in [0.29, 0.717) is 57.3 Å². The van der Waals surface area contributed by atoms with Crippen LogP contribution in [-0.4, -0.2) is 56.6 Å². The Morgan fingerprint density at radius 2 is 1.55 bits per heavy atom. The molecule has 212 valence electrons. The Bertz CT molecular complexity index is 1620. The lowest BCUT2D eigenvalue weighted by molar-refractivity contribution is 0.0593. The summed E-state index contributed by atoms with van der Waals surface area (Å²) in [6.45, 7) is 7.58. The molecule has 0 aliphatic rings. The van der Waals surface area contributed by atoms with Crippen LogP contribution in [0.5, 0.6) is 23.0 Å². The van der Waals surface area contributed by atoms with Gasteiger partial charge in [-0.1, -0.05) is 6.92 Å². The summed E-state index contributed by atoms with van der Waals surface area (Å²) in [5.41, 5.74) is 2.76. The van der Waals surface area contributed by atoms with Crippen LogP contribution in [0.25, 0.3) is 21.5 Å². The van der Waals surface area contributed by atoms with E-state index in [2.05, 4.69) is 0 Å². The van der Waals surface area contributed by atoms with E-state index in [1.54, 1.807) is 34.5 Å². The number of aliphatic hydroxyl groups excluding tert-OH is 1. The van der Waals surface area contributed by atoms with E-state index in [9.17, 15) is 9.90 Å². The van der Waals surface area contributed by atoms with E-state index >= 15 is 0 Å². The number of carbonyl (C=O) groups is 1. The van der Waals surface area contributed by atoms with E-state index < -0.39 is 11.4 Å². The van der Waals surface area contributed by atoms with Gasteiger partial charge in [0.1, 0.15) is 17.2 Å². The van der Waals surface area contributed by atoms with Gasteiger partial charge in [0.05, 0.1) is 70.0 Å². The van der Waals surface area contributed by atoms with Gasteiger partial charge in [-0.15, -0.1) is 0 Å². The monoisotopic (exact) mass is 548 g/mol. The van der Waals surface area contributed by atoms with Crippen LogP contribution in [0.15, 0.2) is 24.3 Å². The highest BCUT2D eigenvalue weighted by Crippen LogP contribution is 2.46. The topological polar surface area (TPSA) is 109 Å². The summed E-state index contributed by atoms with van der Waals surface area (Å²) >= 11 is 0. The molecule has 0 amide bonds. The molecule has 2 aromatic carbocycles. The second-order valence-corrected chi connectivity index (χ2v) is 9.84. The number of aromatic nitrogens is 2. The molecule has 0 saturated carbocycles. The van der Waals surface area contributed by atoms with Gasteiger partial charge in [-0.05, 0) is 62.4 Å². The van der Waals surface area contributed by atoms with Gasteiger partial charge in [0.15, 0.2) is 11.5 Å². The van der Waals surface area contributed by atoms with Crippen molar-refractivity contribution in [1.82, 2.24) is 9.97 Å². The van der Waals surface area contributed by atoms with Crippen LogP contribution in [0.2, 0.25) is 0 Å². The number of pyridine rings is 2. The minimum atomic E-state index is -0.799. The van der Waals surface area contributed by atoms with Crippen molar-refractivity contribution < 1.29 is 33.6 Å². The molecular formula is C31H36N2O7. The molecule has 40 heavy (non-hydrogen) atoms. The molecule has 1 unspecified atom stereocenters. The normalized spacial score (nSPS) is 12.8. The molecule has 0 aliphatic carbocycles. The molecule has 0 spiro atoms. The fourth-order valence-electron chi connectivity index (χ4n) is 5.45. The number of hydrogen-bond acceptors (Lipinski definition) is 9. The molecule has 0 aliphatic heterocycles. The maximum atomic E-state index is 12.8. The van der Waals surface area contributed by atoms with Crippen LogP contribution in [0.1, 0.15) is 59.0 Å². The molecule has 9 nitrogen and oxygen atoms in total. The number of nitrogens with zero attached hydrogens (tertiary/aromatic N) is 2. The summed E-state index contributed by atoms with van der Waals surface area (Å²) in [6.07, 6.45) is 0.577. The van der Waals surface area contributed by atoms with Crippen LogP contribution >= 0.6 is 0 Å². The maximum Gasteiger partial charge on any atom is 0.356 e. The molecule has 0 bridgehead atoms. The van der Waals surface area contributed by atoms with Crippen molar-refractivity contribution in [3.63, 3.8) is 0 Å². The Morgan fingerprint density at radius 3 is 2.10 bits per heavy atom. The second-order valence-electron chi connectivity index (χ2n) is 9.84. The summed E-state index contributed by atoms with van der Waals surface area (Å²) in [5, 5.41) is 13.4. The van der Waals surface area contributed by atoms with Crippen LogP contribution in [0, 0.1) is 13.8 Å². The summed E-state index contributed by atoms with van der Waals surface area (Å²) in [6, 6.07) is 7.56. The van der Waals surface area contributed by atoms with Gasteiger partial charge >= 0.3 is 5.97 Å². The van der Waals surface area contributed by atoms with Gasteiger partial charge in [-0.25, -0.2) is 9.78 Å². The smallest absolute Gasteiger partial charge is 0.356 e. The van der Waals surface area contributed by atoms with Crippen LogP contribution in [0.4, 0.5) is 0 Å². The number of fused-ring (bicyclic) bond motifs is 2. The predicted octanol–water partition coefficient (Wildman–Crippen LogP) is 5.43. The van der Waals surface area contributed by atoms with Crippen molar-refractivity contribution in [2.75, 3.05) is 35.5 Å². The van der Waals surface area contributed by atoms with Crippen molar-refractivity contribution >= 4 is 27.5 Å². The van der Waals surface area contributed by atoms with E-state index in [4.69, 9.17) is 33.7 Å². The lowest BCUT2D eigenvalue weighted by Gasteiger charge is -2.30. The number of hydrogen-bond donors (Lipinski definition) is 1. The number of esters is 1. The van der Waals surface area contributed by atoms with Crippen molar-refractivity contribution in [2.45, 2.75) is 46.1 Å². The minimum absolute atomic E-state index is 0.151. The Morgan fingerprint density at radius 1 is 0.875 bits per heavy atom. The minimum Gasteiger partial charge on any atom is -0.496 e. The van der Waals surface area contributed by atoms with Gasteiger partial charge in [-0.3, -0.25) is 4.98 Å². The molecule has 0 fully saturated rings. The molecule has 4 rings (SSSR count). The molecule has 1 N–H and O–H groups in total. The highest BCUT2D eigenvalue weighted by Gasteiger charge is 2.35. The number of benzene rings is 2. The number of rotatable bonds is 9. The number of aliphatic hydroxyl groups is 1. The van der Waals surface area contributed by atoms with Gasteiger partial charge in [-0.2, -0.15) is 0 Å². The third-order valence-corrected chi connectivity index (χ3v) is 7.75. The van der Waals surface area contributed by atoms with Gasteiger partial charge < -0.3 is 28.8 Å². The quantitative estimate of drug-likeness (QED) is 0.274. The van der Waals surface area contributed by atoms with E-state index in [1.165, 1.54) is 7.11 Å². The molecule has 4 aromatic rings. The van der Waals surface area contributed by atoms with Crippen LogP contribution < -0.4 is 18.9 Å². The van der Waals surface area contributed by atoms with E-state index in [1.807, 2.05) is 45.9 Å².